The molecule has 3 unspecified atom stereocenters. The minimum Gasteiger partial charge on any atom is -0.314 e. The Balaban J connectivity index is 2.10. The maximum atomic E-state index is 3.59. The van der Waals surface area contributed by atoms with Gasteiger partial charge in [-0.05, 0) is 30.6 Å². The van der Waals surface area contributed by atoms with Gasteiger partial charge in [0.2, 0.25) is 0 Å². The van der Waals surface area contributed by atoms with Crippen LogP contribution in [0, 0.1) is 17.8 Å². The van der Waals surface area contributed by atoms with Gasteiger partial charge in [-0.3, -0.25) is 4.90 Å². The van der Waals surface area contributed by atoms with Crippen LogP contribution in [-0.4, -0.2) is 36.6 Å². The summed E-state index contributed by atoms with van der Waals surface area (Å²) in [6.07, 6.45) is 5.80. The molecule has 0 bridgehead atoms. The van der Waals surface area contributed by atoms with Crippen molar-refractivity contribution in [3.63, 3.8) is 0 Å². The van der Waals surface area contributed by atoms with Crippen LogP contribution < -0.4 is 5.32 Å². The maximum Gasteiger partial charge on any atom is 0.0247 e. The average Bonchev–Trinajstić information content (AvgIpc) is 2.38. The molecule has 0 spiro atoms. The van der Waals surface area contributed by atoms with Crippen LogP contribution in [0.1, 0.15) is 53.4 Å². The van der Waals surface area contributed by atoms with E-state index in [1.165, 1.54) is 45.3 Å². The third-order valence-electron chi connectivity index (χ3n) is 5.16. The zero-order valence-electron chi connectivity index (χ0n) is 12.8. The van der Waals surface area contributed by atoms with Crippen molar-refractivity contribution in [1.29, 1.82) is 0 Å². The van der Waals surface area contributed by atoms with E-state index in [9.17, 15) is 0 Å². The molecule has 2 rings (SSSR count). The van der Waals surface area contributed by atoms with Gasteiger partial charge in [0.05, 0.1) is 0 Å². The summed E-state index contributed by atoms with van der Waals surface area (Å²) in [7, 11) is 0. The van der Waals surface area contributed by atoms with Crippen molar-refractivity contribution >= 4 is 0 Å². The quantitative estimate of drug-likeness (QED) is 0.830. The summed E-state index contributed by atoms with van der Waals surface area (Å²) in [5.41, 5.74) is 0. The molecule has 2 heteroatoms. The van der Waals surface area contributed by atoms with Crippen LogP contribution in [-0.2, 0) is 0 Å². The van der Waals surface area contributed by atoms with E-state index in [0.717, 1.165) is 29.8 Å². The first-order valence-corrected chi connectivity index (χ1v) is 8.07. The lowest BCUT2D eigenvalue weighted by Gasteiger charge is -2.49. The zero-order valence-corrected chi connectivity index (χ0v) is 12.8. The Labute approximate surface area is 114 Å². The summed E-state index contributed by atoms with van der Waals surface area (Å²) in [5.74, 6) is 2.55. The molecule has 0 radical (unpaired) electrons. The highest BCUT2D eigenvalue weighted by Crippen LogP contribution is 2.35. The van der Waals surface area contributed by atoms with Crippen LogP contribution in [0.15, 0.2) is 0 Å². The van der Waals surface area contributed by atoms with Gasteiger partial charge < -0.3 is 5.32 Å². The van der Waals surface area contributed by atoms with Gasteiger partial charge in [-0.2, -0.15) is 0 Å². The monoisotopic (exact) mass is 252 g/mol. The van der Waals surface area contributed by atoms with Gasteiger partial charge >= 0.3 is 0 Å². The van der Waals surface area contributed by atoms with Crippen LogP contribution >= 0.6 is 0 Å². The van der Waals surface area contributed by atoms with Crippen LogP contribution in [0.2, 0.25) is 0 Å². The molecule has 3 atom stereocenters. The number of piperazine rings is 1. The number of nitrogens with zero attached hydrogens (tertiary/aromatic N) is 1. The molecule has 106 valence electrons. The number of hydrogen-bond donors (Lipinski definition) is 1. The van der Waals surface area contributed by atoms with Crippen LogP contribution in [0.5, 0.6) is 0 Å². The van der Waals surface area contributed by atoms with Gasteiger partial charge in [0.25, 0.3) is 0 Å². The summed E-state index contributed by atoms with van der Waals surface area (Å²) < 4.78 is 0. The Morgan fingerprint density at radius 3 is 2.39 bits per heavy atom. The molecule has 1 N–H and O–H groups in total. The lowest BCUT2D eigenvalue weighted by atomic mass is 9.76. The topological polar surface area (TPSA) is 15.3 Å². The fraction of sp³-hybridized carbons (Fsp3) is 1.00. The van der Waals surface area contributed by atoms with Crippen molar-refractivity contribution < 1.29 is 0 Å². The number of rotatable bonds is 3. The predicted octanol–water partition coefficient (Wildman–Crippen LogP) is 3.13. The van der Waals surface area contributed by atoms with Crippen molar-refractivity contribution in [2.45, 2.75) is 65.5 Å². The van der Waals surface area contributed by atoms with Crippen LogP contribution in [0.4, 0.5) is 0 Å². The third-order valence-corrected chi connectivity index (χ3v) is 5.16. The molecule has 0 aromatic carbocycles. The van der Waals surface area contributed by atoms with E-state index in [2.05, 4.69) is 37.9 Å². The second-order valence-electron chi connectivity index (χ2n) is 7.01. The molecule has 2 nitrogen and oxygen atoms in total. The van der Waals surface area contributed by atoms with E-state index in [1.807, 2.05) is 0 Å². The van der Waals surface area contributed by atoms with E-state index >= 15 is 0 Å². The summed E-state index contributed by atoms with van der Waals surface area (Å²) in [4.78, 5) is 2.87. The largest absolute Gasteiger partial charge is 0.314 e. The Kier molecular flexibility index (Phi) is 5.08. The van der Waals surface area contributed by atoms with Crippen LogP contribution in [0.25, 0.3) is 0 Å². The highest BCUT2D eigenvalue weighted by atomic mass is 15.2. The summed E-state index contributed by atoms with van der Waals surface area (Å²) in [6.45, 7) is 13.3. The Hall–Kier alpha value is -0.0800. The molecule has 2 fully saturated rings. The minimum absolute atomic E-state index is 0.753. The summed E-state index contributed by atoms with van der Waals surface area (Å²) >= 11 is 0. The molecule has 1 aliphatic heterocycles. The van der Waals surface area contributed by atoms with E-state index in [-0.39, 0.29) is 0 Å². The highest BCUT2D eigenvalue weighted by molar-refractivity contribution is 4.92. The average molecular weight is 252 g/mol. The van der Waals surface area contributed by atoms with Gasteiger partial charge in [0.1, 0.15) is 0 Å². The molecule has 0 aromatic heterocycles. The second kappa shape index (κ2) is 6.38. The summed E-state index contributed by atoms with van der Waals surface area (Å²) in [6, 6.07) is 1.61. The lowest BCUT2D eigenvalue weighted by molar-refractivity contribution is 0.0135. The molecular weight excluding hydrogens is 220 g/mol. The maximum absolute atomic E-state index is 3.59. The standard InChI is InChI=1S/C16H32N2/c1-12(2)14-7-5-6-8-15(14)18-10-9-17-11-16(18)13(3)4/h12-17H,5-11H2,1-4H3. The van der Waals surface area contributed by atoms with Crippen molar-refractivity contribution in [1.82, 2.24) is 10.2 Å². The van der Waals surface area contributed by atoms with Gasteiger partial charge in [-0.1, -0.05) is 40.5 Å². The van der Waals surface area contributed by atoms with Crippen molar-refractivity contribution in [2.24, 2.45) is 17.8 Å². The predicted molar refractivity (Wildman–Crippen MR) is 78.8 cm³/mol. The second-order valence-corrected chi connectivity index (χ2v) is 7.01. The first-order valence-electron chi connectivity index (χ1n) is 8.07. The smallest absolute Gasteiger partial charge is 0.0247 e. The zero-order chi connectivity index (χ0) is 13.1. The molecule has 0 aromatic rings. The molecule has 1 saturated carbocycles. The molecule has 2 aliphatic rings. The molecule has 1 heterocycles. The lowest BCUT2D eigenvalue weighted by Crippen LogP contribution is -2.59. The van der Waals surface area contributed by atoms with Gasteiger partial charge in [0, 0.05) is 31.7 Å². The van der Waals surface area contributed by atoms with Crippen molar-refractivity contribution in [3.05, 3.63) is 0 Å². The van der Waals surface area contributed by atoms with E-state index in [0.29, 0.717) is 0 Å². The molecule has 1 saturated heterocycles. The highest BCUT2D eigenvalue weighted by Gasteiger charge is 2.37. The van der Waals surface area contributed by atoms with Gasteiger partial charge in [0.15, 0.2) is 0 Å². The first-order chi connectivity index (χ1) is 8.61. The third kappa shape index (κ3) is 3.08. The molecular formula is C16H32N2. The fourth-order valence-corrected chi connectivity index (χ4v) is 4.10. The summed E-state index contributed by atoms with van der Waals surface area (Å²) in [5, 5.41) is 3.59. The van der Waals surface area contributed by atoms with Crippen LogP contribution in [0.3, 0.4) is 0 Å². The Morgan fingerprint density at radius 1 is 1.00 bits per heavy atom. The Bertz CT molecular complexity index is 223. The normalized spacial score (nSPS) is 35.3. The minimum atomic E-state index is 0.753. The molecule has 18 heavy (non-hydrogen) atoms. The number of hydrogen-bond acceptors (Lipinski definition) is 2. The fourth-order valence-electron chi connectivity index (χ4n) is 4.10. The van der Waals surface area contributed by atoms with Crippen molar-refractivity contribution in [3.8, 4) is 0 Å². The van der Waals surface area contributed by atoms with Gasteiger partial charge in [-0.15, -0.1) is 0 Å². The van der Waals surface area contributed by atoms with E-state index in [1.54, 1.807) is 0 Å². The van der Waals surface area contributed by atoms with Gasteiger partial charge in [-0.25, -0.2) is 0 Å². The molecule has 1 aliphatic carbocycles. The van der Waals surface area contributed by atoms with E-state index < -0.39 is 0 Å². The number of nitrogens with one attached hydrogen (secondary N) is 1. The van der Waals surface area contributed by atoms with E-state index in [4.69, 9.17) is 0 Å². The SMILES string of the molecule is CC(C)C1CCCCC1N1CCNCC1C(C)C. The first kappa shape index (κ1) is 14.3. The Morgan fingerprint density at radius 2 is 1.72 bits per heavy atom. The molecule has 0 amide bonds. The van der Waals surface area contributed by atoms with Crippen molar-refractivity contribution in [2.75, 3.05) is 19.6 Å².